The topological polar surface area (TPSA) is 188 Å². The SMILES string of the molecule is CC(=O)N(C1C(=O)N2CC(CSc3nnc(CS(=O)(=O)O)o3)(C(=O)O)CS[C@H]12)S(=O)CC(F)(F)F. The highest BCUT2D eigenvalue weighted by Gasteiger charge is 2.60. The van der Waals surface area contributed by atoms with E-state index in [9.17, 15) is 45.3 Å². The maximum absolute atomic E-state index is 12.7. The first-order valence-corrected chi connectivity index (χ1v) is 14.3. The number of hydrogen-bond donors (Lipinski definition) is 2. The second kappa shape index (κ2) is 9.87. The Kier molecular flexibility index (Phi) is 7.80. The molecule has 2 N–H and O–H groups in total. The van der Waals surface area contributed by atoms with Gasteiger partial charge in [-0.1, -0.05) is 11.8 Å². The molecule has 0 radical (unpaired) electrons. The summed E-state index contributed by atoms with van der Waals surface area (Å²) in [5, 5.41) is 15.8. The van der Waals surface area contributed by atoms with Crippen molar-refractivity contribution in [3.63, 3.8) is 0 Å². The van der Waals surface area contributed by atoms with Gasteiger partial charge in [-0.3, -0.25) is 18.9 Å². The van der Waals surface area contributed by atoms with Gasteiger partial charge in [0.2, 0.25) is 11.8 Å². The Labute approximate surface area is 206 Å². The fraction of sp³-hybridized carbons (Fsp3) is 0.667. The van der Waals surface area contributed by atoms with Crippen molar-refractivity contribution in [2.45, 2.75) is 35.5 Å². The summed E-state index contributed by atoms with van der Waals surface area (Å²) in [6.45, 7) is 0.530. The van der Waals surface area contributed by atoms with Crippen LogP contribution in [-0.2, 0) is 41.2 Å². The van der Waals surface area contributed by atoms with Crippen LogP contribution in [0.25, 0.3) is 0 Å². The van der Waals surface area contributed by atoms with E-state index in [0.717, 1.165) is 35.3 Å². The van der Waals surface area contributed by atoms with E-state index in [1.807, 2.05) is 0 Å². The first kappa shape index (κ1) is 27.7. The quantitative estimate of drug-likeness (QED) is 0.225. The highest BCUT2D eigenvalue weighted by atomic mass is 32.2. The minimum Gasteiger partial charge on any atom is -0.481 e. The van der Waals surface area contributed by atoms with Crippen molar-refractivity contribution < 1.29 is 54.3 Å². The van der Waals surface area contributed by atoms with E-state index >= 15 is 0 Å². The second-order valence-corrected chi connectivity index (χ2v) is 12.4. The average Bonchev–Trinajstić information content (AvgIpc) is 3.13. The molecule has 0 bridgehead atoms. The van der Waals surface area contributed by atoms with Crippen molar-refractivity contribution >= 4 is 62.4 Å². The predicted octanol–water partition coefficient (Wildman–Crippen LogP) is -0.0213. The number of aliphatic carboxylic acids is 1. The van der Waals surface area contributed by atoms with Crippen molar-refractivity contribution in [2.24, 2.45) is 5.41 Å². The minimum atomic E-state index is -4.84. The van der Waals surface area contributed by atoms with Crippen molar-refractivity contribution in [1.29, 1.82) is 0 Å². The van der Waals surface area contributed by atoms with Gasteiger partial charge < -0.3 is 14.4 Å². The number of carboxylic acids is 1. The van der Waals surface area contributed by atoms with Crippen LogP contribution in [0.2, 0.25) is 0 Å². The third-order valence-electron chi connectivity index (χ3n) is 4.87. The van der Waals surface area contributed by atoms with E-state index < -0.39 is 79.3 Å². The standard InChI is InChI=1S/C15H17F3N4O9S4/c1-7(23)22(34(27)6-15(16,17)18)9-10(24)21-3-14(12(25)26,4-32-11(9)21)5-33-13-20-19-8(31-13)2-35(28,29)30/h9,11H,2-6H2,1H3,(H,25,26)(H,28,29,30)/t9?,11-,14?,34?/m1/s1. The van der Waals surface area contributed by atoms with Crippen LogP contribution in [0.4, 0.5) is 13.2 Å². The third-order valence-corrected chi connectivity index (χ3v) is 9.66. The largest absolute Gasteiger partial charge is 0.481 e. The summed E-state index contributed by atoms with van der Waals surface area (Å²) in [4.78, 5) is 37.8. The number of nitrogens with zero attached hydrogens (tertiary/aromatic N) is 4. The fourth-order valence-corrected chi connectivity index (χ4v) is 7.71. The molecule has 1 aromatic heterocycles. The lowest BCUT2D eigenvalue weighted by molar-refractivity contribution is -0.161. The first-order chi connectivity index (χ1) is 16.0. The average molecular weight is 583 g/mol. The monoisotopic (exact) mass is 582 g/mol. The van der Waals surface area contributed by atoms with Crippen LogP contribution in [0.3, 0.4) is 0 Å². The van der Waals surface area contributed by atoms with Crippen LogP contribution in [0, 0.1) is 5.41 Å². The molecule has 13 nitrogen and oxygen atoms in total. The normalized spacial score (nSPS) is 25.5. The van der Waals surface area contributed by atoms with Gasteiger partial charge >= 0.3 is 12.1 Å². The van der Waals surface area contributed by atoms with E-state index in [2.05, 4.69) is 10.2 Å². The number of carbonyl (C=O) groups excluding carboxylic acids is 2. The molecule has 35 heavy (non-hydrogen) atoms. The summed E-state index contributed by atoms with van der Waals surface area (Å²) >= 11 is 1.68. The number of aromatic nitrogens is 2. The molecule has 2 aliphatic heterocycles. The molecule has 20 heteroatoms. The Bertz CT molecular complexity index is 1160. The number of carbonyl (C=O) groups is 3. The van der Waals surface area contributed by atoms with Gasteiger partial charge in [0.25, 0.3) is 21.2 Å². The van der Waals surface area contributed by atoms with Gasteiger partial charge in [0.15, 0.2) is 11.8 Å². The molecule has 2 saturated heterocycles. The number of thioether (sulfide) groups is 2. The summed E-state index contributed by atoms with van der Waals surface area (Å²) in [6.07, 6.45) is -4.84. The van der Waals surface area contributed by atoms with E-state index in [-0.39, 0.29) is 23.3 Å². The number of hydrogen-bond acceptors (Lipinski definition) is 11. The van der Waals surface area contributed by atoms with Crippen LogP contribution >= 0.6 is 23.5 Å². The van der Waals surface area contributed by atoms with Crippen LogP contribution < -0.4 is 0 Å². The van der Waals surface area contributed by atoms with Crippen LogP contribution in [0.5, 0.6) is 0 Å². The lowest BCUT2D eigenvalue weighted by Crippen LogP contribution is -2.74. The number of rotatable bonds is 9. The van der Waals surface area contributed by atoms with E-state index in [0.29, 0.717) is 4.31 Å². The molecule has 3 unspecified atom stereocenters. The molecule has 1 aromatic rings. The summed E-state index contributed by atoms with van der Waals surface area (Å²) in [6, 6.07) is -1.43. The highest BCUT2D eigenvalue weighted by molar-refractivity contribution is 8.00. The summed E-state index contributed by atoms with van der Waals surface area (Å²) in [5.41, 5.74) is -1.56. The van der Waals surface area contributed by atoms with E-state index in [1.54, 1.807) is 0 Å². The second-order valence-electron chi connectivity index (χ2n) is 7.60. The lowest BCUT2D eigenvalue weighted by Gasteiger charge is -2.55. The molecule has 0 aromatic carbocycles. The Morgan fingerprint density at radius 2 is 2.06 bits per heavy atom. The molecule has 2 fully saturated rings. The van der Waals surface area contributed by atoms with Gasteiger partial charge in [0.1, 0.15) is 27.5 Å². The maximum Gasteiger partial charge on any atom is 0.402 e. The Balaban J connectivity index is 1.71. The number of halogens is 3. The highest BCUT2D eigenvalue weighted by Crippen LogP contribution is 2.46. The van der Waals surface area contributed by atoms with Crippen molar-refractivity contribution in [3.8, 4) is 0 Å². The first-order valence-electron chi connectivity index (χ1n) is 9.34. The predicted molar refractivity (Wildman–Crippen MR) is 114 cm³/mol. The molecule has 2 aliphatic rings. The molecule has 196 valence electrons. The van der Waals surface area contributed by atoms with Crippen LogP contribution in [0.15, 0.2) is 9.64 Å². The number of β-lactam (4-membered cyclic amide) rings is 1. The number of amides is 2. The number of fused-ring (bicyclic) bond motifs is 1. The van der Waals surface area contributed by atoms with Gasteiger partial charge in [-0.05, 0) is 0 Å². The minimum absolute atomic E-state index is 0.121. The fourth-order valence-electron chi connectivity index (χ4n) is 3.35. The molecular weight excluding hydrogens is 565 g/mol. The van der Waals surface area contributed by atoms with Gasteiger partial charge in [-0.2, -0.15) is 21.6 Å². The zero-order chi connectivity index (χ0) is 26.3. The lowest BCUT2D eigenvalue weighted by atomic mass is 9.89. The molecule has 2 amide bonds. The van der Waals surface area contributed by atoms with Crippen molar-refractivity contribution in [1.82, 2.24) is 19.4 Å². The smallest absolute Gasteiger partial charge is 0.402 e. The van der Waals surface area contributed by atoms with Crippen molar-refractivity contribution in [2.75, 3.05) is 23.8 Å². The van der Waals surface area contributed by atoms with Crippen molar-refractivity contribution in [3.05, 3.63) is 5.89 Å². The van der Waals surface area contributed by atoms with Crippen LogP contribution in [0.1, 0.15) is 12.8 Å². The number of alkyl halides is 3. The van der Waals surface area contributed by atoms with Crippen LogP contribution in [-0.4, -0.2) is 101 Å². The Morgan fingerprint density at radius 1 is 1.40 bits per heavy atom. The molecule has 0 spiro atoms. The van der Waals surface area contributed by atoms with Gasteiger partial charge in [-0.15, -0.1) is 22.0 Å². The van der Waals surface area contributed by atoms with E-state index in [4.69, 9.17) is 8.97 Å². The molecule has 0 aliphatic carbocycles. The molecule has 3 rings (SSSR count). The molecule has 3 heterocycles. The Morgan fingerprint density at radius 3 is 2.60 bits per heavy atom. The maximum atomic E-state index is 12.7. The third kappa shape index (κ3) is 6.27. The zero-order valence-electron chi connectivity index (χ0n) is 17.5. The Hall–Kier alpha value is -1.90. The van der Waals surface area contributed by atoms with E-state index in [1.165, 1.54) is 0 Å². The molecular formula is C15H17F3N4O9S4. The zero-order valence-corrected chi connectivity index (χ0v) is 20.8. The molecule has 4 atom stereocenters. The summed E-state index contributed by atoms with van der Waals surface area (Å²) in [7, 11) is -7.27. The van der Waals surface area contributed by atoms with Gasteiger partial charge in [-0.25, -0.2) is 8.51 Å². The number of carboxylic acid groups (broad SMARTS) is 1. The summed E-state index contributed by atoms with van der Waals surface area (Å²) in [5.74, 6) is -6.62. The van der Waals surface area contributed by atoms with Gasteiger partial charge in [0.05, 0.1) is 0 Å². The van der Waals surface area contributed by atoms with Gasteiger partial charge in [0, 0.05) is 25.0 Å². The molecule has 0 saturated carbocycles. The summed E-state index contributed by atoms with van der Waals surface area (Å²) < 4.78 is 86.3.